The third-order valence-corrected chi connectivity index (χ3v) is 2.52. The molecule has 0 spiro atoms. The zero-order chi connectivity index (χ0) is 11.5. The van der Waals surface area contributed by atoms with E-state index in [1.807, 2.05) is 19.1 Å². The third-order valence-electron chi connectivity index (χ3n) is 2.06. The Kier molecular flexibility index (Phi) is 3.31. The van der Waals surface area contributed by atoms with E-state index in [2.05, 4.69) is 15.5 Å². The van der Waals surface area contributed by atoms with Crippen molar-refractivity contribution in [3.63, 3.8) is 0 Å². The molecule has 84 valence electrons. The van der Waals surface area contributed by atoms with Gasteiger partial charge in [0, 0.05) is 6.07 Å². The number of hydrogen-bond donors (Lipinski definition) is 1. The maximum Gasteiger partial charge on any atom is 0.174 e. The number of rotatable bonds is 3. The number of nitrogens with one attached hydrogen (secondary N) is 1. The van der Waals surface area contributed by atoms with Gasteiger partial charge in [-0.1, -0.05) is 23.2 Å². The Bertz CT molecular complexity index is 473. The molecule has 0 saturated heterocycles. The molecule has 16 heavy (non-hydrogen) atoms. The standard InChI is InChI=1S/C10H9Cl2N3O/c1-6(8-3-2-4-16-8)13-7-5-9(11)14-15-10(7)12/h2-6H,1H3,(H,13,14). The minimum Gasteiger partial charge on any atom is -0.467 e. The number of halogens is 2. The molecule has 0 radical (unpaired) electrons. The number of anilines is 1. The fourth-order valence-electron chi connectivity index (χ4n) is 1.30. The molecular formula is C10H9Cl2N3O. The van der Waals surface area contributed by atoms with Crippen molar-refractivity contribution in [2.45, 2.75) is 13.0 Å². The largest absolute Gasteiger partial charge is 0.467 e. The maximum absolute atomic E-state index is 5.88. The average molecular weight is 258 g/mol. The van der Waals surface area contributed by atoms with E-state index in [4.69, 9.17) is 27.6 Å². The molecule has 0 saturated carbocycles. The van der Waals surface area contributed by atoms with Gasteiger partial charge >= 0.3 is 0 Å². The fourth-order valence-corrected chi connectivity index (χ4v) is 1.59. The van der Waals surface area contributed by atoms with Crippen LogP contribution in [-0.4, -0.2) is 10.2 Å². The van der Waals surface area contributed by atoms with Crippen LogP contribution in [0, 0.1) is 0 Å². The normalized spacial score (nSPS) is 12.4. The van der Waals surface area contributed by atoms with E-state index in [0.717, 1.165) is 5.76 Å². The SMILES string of the molecule is CC(Nc1cc(Cl)nnc1Cl)c1ccco1. The Morgan fingerprint density at radius 3 is 2.88 bits per heavy atom. The summed E-state index contributed by atoms with van der Waals surface area (Å²) < 4.78 is 5.26. The van der Waals surface area contributed by atoms with Gasteiger partial charge in [0.1, 0.15) is 5.76 Å². The van der Waals surface area contributed by atoms with E-state index in [-0.39, 0.29) is 11.2 Å². The summed E-state index contributed by atoms with van der Waals surface area (Å²) >= 11 is 11.6. The van der Waals surface area contributed by atoms with Gasteiger partial charge in [-0.3, -0.25) is 0 Å². The summed E-state index contributed by atoms with van der Waals surface area (Å²) in [5.41, 5.74) is 0.630. The van der Waals surface area contributed by atoms with Crippen molar-refractivity contribution in [2.75, 3.05) is 5.32 Å². The molecule has 2 aromatic rings. The Labute approximate surface area is 103 Å². The highest BCUT2D eigenvalue weighted by Crippen LogP contribution is 2.25. The Morgan fingerprint density at radius 1 is 1.38 bits per heavy atom. The van der Waals surface area contributed by atoms with Crippen molar-refractivity contribution in [3.8, 4) is 0 Å². The monoisotopic (exact) mass is 257 g/mol. The predicted octanol–water partition coefficient (Wildman–Crippen LogP) is 3.55. The predicted molar refractivity (Wildman–Crippen MR) is 62.8 cm³/mol. The molecule has 2 rings (SSSR count). The topological polar surface area (TPSA) is 51.0 Å². The molecule has 0 aliphatic carbocycles. The van der Waals surface area contributed by atoms with E-state index in [0.29, 0.717) is 10.8 Å². The highest BCUT2D eigenvalue weighted by molar-refractivity contribution is 6.33. The van der Waals surface area contributed by atoms with Gasteiger partial charge in [-0.15, -0.1) is 10.2 Å². The number of hydrogen-bond acceptors (Lipinski definition) is 4. The maximum atomic E-state index is 5.88. The second-order valence-corrected chi connectivity index (χ2v) is 4.00. The summed E-state index contributed by atoms with van der Waals surface area (Å²) in [6.45, 7) is 1.95. The van der Waals surface area contributed by atoms with Gasteiger partial charge in [0.25, 0.3) is 0 Å². The summed E-state index contributed by atoms with van der Waals surface area (Å²) in [7, 11) is 0. The molecule has 0 amide bonds. The molecule has 0 fully saturated rings. The van der Waals surface area contributed by atoms with Crippen molar-refractivity contribution >= 4 is 28.9 Å². The first kappa shape index (κ1) is 11.2. The summed E-state index contributed by atoms with van der Waals surface area (Å²) in [5, 5.41) is 11.0. The number of nitrogens with zero attached hydrogens (tertiary/aromatic N) is 2. The lowest BCUT2D eigenvalue weighted by Gasteiger charge is -2.13. The lowest BCUT2D eigenvalue weighted by atomic mass is 10.2. The fraction of sp³-hybridized carbons (Fsp3) is 0.200. The average Bonchev–Trinajstić information content (AvgIpc) is 2.76. The first-order valence-electron chi connectivity index (χ1n) is 4.65. The van der Waals surface area contributed by atoms with Crippen LogP contribution in [0.1, 0.15) is 18.7 Å². The summed E-state index contributed by atoms with van der Waals surface area (Å²) in [4.78, 5) is 0. The van der Waals surface area contributed by atoms with Crippen LogP contribution in [0.3, 0.4) is 0 Å². The molecule has 2 heterocycles. The van der Waals surface area contributed by atoms with Crippen molar-refractivity contribution in [2.24, 2.45) is 0 Å². The minimum absolute atomic E-state index is 0.0206. The van der Waals surface area contributed by atoms with Gasteiger partial charge < -0.3 is 9.73 Å². The number of aromatic nitrogens is 2. The zero-order valence-electron chi connectivity index (χ0n) is 8.45. The van der Waals surface area contributed by atoms with E-state index in [9.17, 15) is 0 Å². The molecule has 1 unspecified atom stereocenters. The molecule has 0 aliphatic heterocycles. The Balaban J connectivity index is 2.17. The summed E-state index contributed by atoms with van der Waals surface area (Å²) in [5.74, 6) is 0.809. The Hall–Kier alpha value is -1.26. The highest BCUT2D eigenvalue weighted by atomic mass is 35.5. The first-order chi connectivity index (χ1) is 7.66. The van der Waals surface area contributed by atoms with Crippen LogP contribution in [0.25, 0.3) is 0 Å². The van der Waals surface area contributed by atoms with Gasteiger partial charge in [-0.05, 0) is 19.1 Å². The second kappa shape index (κ2) is 4.72. The van der Waals surface area contributed by atoms with Gasteiger partial charge in [0.05, 0.1) is 18.0 Å². The van der Waals surface area contributed by atoms with E-state index < -0.39 is 0 Å². The third kappa shape index (κ3) is 2.46. The molecule has 1 atom stereocenters. The van der Waals surface area contributed by atoms with E-state index in [1.54, 1.807) is 12.3 Å². The van der Waals surface area contributed by atoms with Crippen LogP contribution in [0.5, 0.6) is 0 Å². The molecule has 6 heteroatoms. The van der Waals surface area contributed by atoms with E-state index >= 15 is 0 Å². The van der Waals surface area contributed by atoms with Gasteiger partial charge in [-0.2, -0.15) is 0 Å². The first-order valence-corrected chi connectivity index (χ1v) is 5.41. The van der Waals surface area contributed by atoms with Crippen molar-refractivity contribution in [1.29, 1.82) is 0 Å². The molecule has 0 aromatic carbocycles. The summed E-state index contributed by atoms with van der Waals surface area (Å²) in [6.07, 6.45) is 1.62. The van der Waals surface area contributed by atoms with Crippen molar-refractivity contribution in [3.05, 3.63) is 40.5 Å². The van der Waals surface area contributed by atoms with E-state index in [1.165, 1.54) is 0 Å². The van der Waals surface area contributed by atoms with Gasteiger partial charge in [-0.25, -0.2) is 0 Å². The van der Waals surface area contributed by atoms with Crippen LogP contribution in [0.4, 0.5) is 5.69 Å². The Morgan fingerprint density at radius 2 is 2.19 bits per heavy atom. The smallest absolute Gasteiger partial charge is 0.174 e. The minimum atomic E-state index is -0.0206. The molecular weight excluding hydrogens is 249 g/mol. The number of furan rings is 1. The van der Waals surface area contributed by atoms with Crippen LogP contribution in [0.2, 0.25) is 10.3 Å². The summed E-state index contributed by atoms with van der Waals surface area (Å²) in [6, 6.07) is 5.30. The lowest BCUT2D eigenvalue weighted by molar-refractivity contribution is 0.490. The molecule has 0 aliphatic rings. The quantitative estimate of drug-likeness (QED) is 0.914. The lowest BCUT2D eigenvalue weighted by Crippen LogP contribution is -2.06. The van der Waals surface area contributed by atoms with Crippen LogP contribution in [-0.2, 0) is 0 Å². The van der Waals surface area contributed by atoms with Gasteiger partial charge in [0.2, 0.25) is 0 Å². The zero-order valence-corrected chi connectivity index (χ0v) is 9.96. The highest BCUT2D eigenvalue weighted by Gasteiger charge is 2.11. The molecule has 2 aromatic heterocycles. The van der Waals surface area contributed by atoms with Crippen LogP contribution >= 0.6 is 23.2 Å². The van der Waals surface area contributed by atoms with Gasteiger partial charge in [0.15, 0.2) is 10.3 Å². The molecule has 4 nitrogen and oxygen atoms in total. The molecule has 1 N–H and O–H groups in total. The van der Waals surface area contributed by atoms with Crippen molar-refractivity contribution in [1.82, 2.24) is 10.2 Å². The molecule has 0 bridgehead atoms. The van der Waals surface area contributed by atoms with Crippen molar-refractivity contribution < 1.29 is 4.42 Å². The van der Waals surface area contributed by atoms with Crippen LogP contribution < -0.4 is 5.32 Å². The second-order valence-electron chi connectivity index (χ2n) is 3.25. The van der Waals surface area contributed by atoms with Crippen LogP contribution in [0.15, 0.2) is 28.9 Å².